The standard InChI is InChI=1S/C23H23N3O5S/c1-28-17-8-15(9-18(11-17)29-2)24-22(27)10-16-13-32-23-25-19(12-26(16)23)14-5-6-20(30-3)21(7-14)31-4/h5-9,11-13H,10H2,1-4H3,(H,24,27). The number of carbonyl (C=O) groups excluding carboxylic acids is 1. The highest BCUT2D eigenvalue weighted by Gasteiger charge is 2.15. The molecule has 0 atom stereocenters. The van der Waals surface area contributed by atoms with Crippen molar-refractivity contribution in [2.45, 2.75) is 6.42 Å². The van der Waals surface area contributed by atoms with E-state index >= 15 is 0 Å². The van der Waals surface area contributed by atoms with E-state index < -0.39 is 0 Å². The third kappa shape index (κ3) is 4.33. The van der Waals surface area contributed by atoms with Gasteiger partial charge in [0, 0.05) is 46.7 Å². The number of anilines is 1. The molecule has 2 aromatic carbocycles. The Hall–Kier alpha value is -3.72. The van der Waals surface area contributed by atoms with Crippen molar-refractivity contribution in [3.63, 3.8) is 0 Å². The van der Waals surface area contributed by atoms with Gasteiger partial charge in [0.2, 0.25) is 5.91 Å². The maximum Gasteiger partial charge on any atom is 0.230 e. The molecule has 0 unspecified atom stereocenters. The second kappa shape index (κ2) is 9.19. The highest BCUT2D eigenvalue weighted by atomic mass is 32.1. The fourth-order valence-electron chi connectivity index (χ4n) is 3.34. The molecule has 166 valence electrons. The number of hydrogen-bond acceptors (Lipinski definition) is 7. The largest absolute Gasteiger partial charge is 0.497 e. The molecular formula is C23H23N3O5S. The quantitative estimate of drug-likeness (QED) is 0.429. The molecule has 1 N–H and O–H groups in total. The summed E-state index contributed by atoms with van der Waals surface area (Å²) in [5.74, 6) is 2.35. The molecular weight excluding hydrogens is 430 g/mol. The minimum absolute atomic E-state index is 0.152. The second-order valence-corrected chi connectivity index (χ2v) is 7.74. The van der Waals surface area contributed by atoms with Gasteiger partial charge in [0.05, 0.1) is 40.6 Å². The average molecular weight is 454 g/mol. The van der Waals surface area contributed by atoms with Crippen LogP contribution in [0.1, 0.15) is 5.69 Å². The zero-order valence-electron chi connectivity index (χ0n) is 18.2. The number of methoxy groups -OCH3 is 4. The molecule has 1 amide bonds. The first-order valence-corrected chi connectivity index (χ1v) is 10.6. The van der Waals surface area contributed by atoms with Crippen molar-refractivity contribution in [3.05, 3.63) is 53.7 Å². The maximum absolute atomic E-state index is 12.7. The summed E-state index contributed by atoms with van der Waals surface area (Å²) in [5, 5.41) is 4.84. The third-order valence-electron chi connectivity index (χ3n) is 4.94. The molecule has 0 aliphatic rings. The Labute approximate surface area is 189 Å². The van der Waals surface area contributed by atoms with E-state index in [1.165, 1.54) is 11.3 Å². The van der Waals surface area contributed by atoms with Crippen molar-refractivity contribution >= 4 is 27.9 Å². The van der Waals surface area contributed by atoms with E-state index in [4.69, 9.17) is 23.9 Å². The van der Waals surface area contributed by atoms with Gasteiger partial charge < -0.3 is 24.3 Å². The van der Waals surface area contributed by atoms with Crippen LogP contribution < -0.4 is 24.3 Å². The molecule has 0 bridgehead atoms. The number of amides is 1. The van der Waals surface area contributed by atoms with Gasteiger partial charge in [-0.1, -0.05) is 0 Å². The fourth-order valence-corrected chi connectivity index (χ4v) is 4.21. The Morgan fingerprint density at radius 3 is 2.34 bits per heavy atom. The van der Waals surface area contributed by atoms with Gasteiger partial charge in [-0.15, -0.1) is 11.3 Å². The van der Waals surface area contributed by atoms with Gasteiger partial charge in [0.15, 0.2) is 16.5 Å². The number of hydrogen-bond donors (Lipinski definition) is 1. The van der Waals surface area contributed by atoms with E-state index in [1.54, 1.807) is 46.6 Å². The first-order chi connectivity index (χ1) is 15.5. The number of aromatic nitrogens is 2. The summed E-state index contributed by atoms with van der Waals surface area (Å²) < 4.78 is 23.1. The van der Waals surface area contributed by atoms with Gasteiger partial charge in [-0.25, -0.2) is 4.98 Å². The number of nitrogens with one attached hydrogen (secondary N) is 1. The summed E-state index contributed by atoms with van der Waals surface area (Å²) in [6.45, 7) is 0. The van der Waals surface area contributed by atoms with Crippen LogP contribution in [0.5, 0.6) is 23.0 Å². The normalized spacial score (nSPS) is 10.8. The molecule has 0 spiro atoms. The van der Waals surface area contributed by atoms with Crippen LogP contribution in [0.4, 0.5) is 5.69 Å². The molecule has 4 rings (SSSR count). The molecule has 0 radical (unpaired) electrons. The molecule has 32 heavy (non-hydrogen) atoms. The zero-order chi connectivity index (χ0) is 22.7. The molecule has 2 aromatic heterocycles. The van der Waals surface area contributed by atoms with E-state index in [0.717, 1.165) is 21.9 Å². The Kier molecular flexibility index (Phi) is 6.18. The molecule has 2 heterocycles. The molecule has 9 heteroatoms. The Bertz CT molecular complexity index is 1240. The van der Waals surface area contributed by atoms with E-state index in [-0.39, 0.29) is 12.3 Å². The predicted molar refractivity (Wildman–Crippen MR) is 123 cm³/mol. The van der Waals surface area contributed by atoms with Crippen LogP contribution in [0.15, 0.2) is 48.0 Å². The minimum Gasteiger partial charge on any atom is -0.497 e. The van der Waals surface area contributed by atoms with Crippen molar-refractivity contribution in [2.75, 3.05) is 33.8 Å². The number of ether oxygens (including phenoxy) is 4. The maximum atomic E-state index is 12.7. The number of nitrogens with zero attached hydrogens (tertiary/aromatic N) is 2. The van der Waals surface area contributed by atoms with Crippen molar-refractivity contribution in [1.82, 2.24) is 9.38 Å². The van der Waals surface area contributed by atoms with E-state index in [2.05, 4.69) is 5.32 Å². The lowest BCUT2D eigenvalue weighted by Crippen LogP contribution is -2.15. The number of benzene rings is 2. The highest BCUT2D eigenvalue weighted by molar-refractivity contribution is 7.15. The Balaban J connectivity index is 1.55. The summed E-state index contributed by atoms with van der Waals surface area (Å²) >= 11 is 1.48. The summed E-state index contributed by atoms with van der Waals surface area (Å²) in [6.07, 6.45) is 2.12. The second-order valence-electron chi connectivity index (χ2n) is 6.90. The Morgan fingerprint density at radius 1 is 0.969 bits per heavy atom. The molecule has 0 aliphatic heterocycles. The van der Waals surface area contributed by atoms with Crippen molar-refractivity contribution in [2.24, 2.45) is 0 Å². The number of fused-ring (bicyclic) bond motifs is 1. The molecule has 0 aliphatic carbocycles. The van der Waals surface area contributed by atoms with Crippen LogP contribution in [0.3, 0.4) is 0 Å². The zero-order valence-corrected chi connectivity index (χ0v) is 19.0. The van der Waals surface area contributed by atoms with Gasteiger partial charge in [-0.2, -0.15) is 0 Å². The smallest absolute Gasteiger partial charge is 0.230 e. The SMILES string of the molecule is COc1cc(NC(=O)Cc2csc3nc(-c4ccc(OC)c(OC)c4)cn23)cc(OC)c1. The van der Waals surface area contributed by atoms with Crippen LogP contribution in [0.25, 0.3) is 16.2 Å². The number of thiazole rings is 1. The van der Waals surface area contributed by atoms with E-state index in [0.29, 0.717) is 28.7 Å². The fraction of sp³-hybridized carbons (Fsp3) is 0.217. The summed E-state index contributed by atoms with van der Waals surface area (Å²) in [7, 11) is 6.33. The number of rotatable bonds is 8. The summed E-state index contributed by atoms with van der Waals surface area (Å²) in [4.78, 5) is 18.2. The van der Waals surface area contributed by atoms with Crippen LogP contribution in [-0.4, -0.2) is 43.7 Å². The lowest BCUT2D eigenvalue weighted by molar-refractivity contribution is -0.115. The number of imidazole rings is 1. The van der Waals surface area contributed by atoms with Crippen LogP contribution in [0.2, 0.25) is 0 Å². The summed E-state index contributed by atoms with van der Waals surface area (Å²) in [5.41, 5.74) is 3.14. The van der Waals surface area contributed by atoms with Crippen molar-refractivity contribution in [3.8, 4) is 34.3 Å². The lowest BCUT2D eigenvalue weighted by Gasteiger charge is -2.09. The van der Waals surface area contributed by atoms with Crippen molar-refractivity contribution < 1.29 is 23.7 Å². The van der Waals surface area contributed by atoms with Crippen LogP contribution >= 0.6 is 11.3 Å². The predicted octanol–water partition coefficient (Wildman–Crippen LogP) is 4.28. The van der Waals surface area contributed by atoms with E-state index in [9.17, 15) is 4.79 Å². The summed E-state index contributed by atoms with van der Waals surface area (Å²) in [6, 6.07) is 10.9. The van der Waals surface area contributed by atoms with Crippen LogP contribution in [-0.2, 0) is 11.2 Å². The van der Waals surface area contributed by atoms with Crippen LogP contribution in [0, 0.1) is 0 Å². The van der Waals surface area contributed by atoms with Gasteiger partial charge in [0.1, 0.15) is 11.5 Å². The van der Waals surface area contributed by atoms with Gasteiger partial charge in [-0.3, -0.25) is 9.20 Å². The highest BCUT2D eigenvalue weighted by Crippen LogP contribution is 2.33. The molecule has 0 saturated carbocycles. The molecule has 0 fully saturated rings. The molecule has 4 aromatic rings. The average Bonchev–Trinajstić information content (AvgIpc) is 3.40. The molecule has 8 nitrogen and oxygen atoms in total. The monoisotopic (exact) mass is 453 g/mol. The van der Waals surface area contributed by atoms with E-state index in [1.807, 2.05) is 34.2 Å². The third-order valence-corrected chi connectivity index (χ3v) is 5.83. The van der Waals surface area contributed by atoms with Gasteiger partial charge in [-0.05, 0) is 18.2 Å². The van der Waals surface area contributed by atoms with Crippen molar-refractivity contribution in [1.29, 1.82) is 0 Å². The van der Waals surface area contributed by atoms with Gasteiger partial charge in [0.25, 0.3) is 0 Å². The topological polar surface area (TPSA) is 83.3 Å². The number of carbonyl (C=O) groups is 1. The van der Waals surface area contributed by atoms with Gasteiger partial charge >= 0.3 is 0 Å². The Morgan fingerprint density at radius 2 is 1.69 bits per heavy atom. The molecule has 0 saturated heterocycles. The minimum atomic E-state index is -0.152. The first-order valence-electron chi connectivity index (χ1n) is 9.75. The lowest BCUT2D eigenvalue weighted by atomic mass is 10.1. The first kappa shape index (κ1) is 21.5.